The molecule has 41 heavy (non-hydrogen) atoms. The number of ether oxygens (including phenoxy) is 2. The molecule has 1 aliphatic heterocycles. The van der Waals surface area contributed by atoms with Gasteiger partial charge in [-0.05, 0) is 69.0 Å². The maximum atomic E-state index is 12.2. The van der Waals surface area contributed by atoms with Gasteiger partial charge in [0.25, 0.3) is 0 Å². The molecule has 0 bridgehead atoms. The number of amides is 1. The Morgan fingerprint density at radius 3 is 2.59 bits per heavy atom. The highest BCUT2D eigenvalue weighted by molar-refractivity contribution is 7.79. The minimum atomic E-state index is 0.0550. The highest BCUT2D eigenvalue weighted by atomic mass is 32.1. The zero-order valence-electron chi connectivity index (χ0n) is 24.4. The number of nitrogens with one attached hydrogen (secondary N) is 1. The summed E-state index contributed by atoms with van der Waals surface area (Å²) in [7, 11) is 0. The first-order valence-corrected chi connectivity index (χ1v) is 15.0. The number of hydrogen-bond donors (Lipinski definition) is 2. The monoisotopic (exact) mass is 574 g/mol. The predicted octanol–water partition coefficient (Wildman–Crippen LogP) is 6.58. The van der Waals surface area contributed by atoms with Crippen molar-refractivity contribution in [2.24, 2.45) is 0 Å². The lowest BCUT2D eigenvalue weighted by Gasteiger charge is -2.09. The summed E-state index contributed by atoms with van der Waals surface area (Å²) in [6, 6.07) is 16.2. The molecule has 0 fully saturated rings. The van der Waals surface area contributed by atoms with E-state index in [0.29, 0.717) is 13.0 Å². The number of unbranched alkanes of at least 4 members (excludes halogenated alkanes) is 1. The van der Waals surface area contributed by atoms with Crippen LogP contribution in [0.3, 0.4) is 0 Å². The van der Waals surface area contributed by atoms with E-state index >= 15 is 0 Å². The summed E-state index contributed by atoms with van der Waals surface area (Å²) in [5.74, 6) is 3.47. The van der Waals surface area contributed by atoms with Gasteiger partial charge in [0.15, 0.2) is 11.5 Å². The molecule has 2 aromatic carbocycles. The first kappa shape index (κ1) is 31.7. The van der Waals surface area contributed by atoms with Crippen LogP contribution in [0.15, 0.2) is 84.5 Å². The van der Waals surface area contributed by atoms with Gasteiger partial charge in [0, 0.05) is 25.9 Å². The molecule has 0 spiro atoms. The van der Waals surface area contributed by atoms with E-state index in [4.69, 9.17) is 9.47 Å². The summed E-state index contributed by atoms with van der Waals surface area (Å²) in [4.78, 5) is 12.2. The maximum Gasteiger partial charge on any atom is 0.231 e. The Bertz CT molecular complexity index is 1320. The summed E-state index contributed by atoms with van der Waals surface area (Å²) in [6.45, 7) is 5.71. The Balaban J connectivity index is 0.000000394. The topological polar surface area (TPSA) is 78.3 Å². The fourth-order valence-corrected chi connectivity index (χ4v) is 4.38. The molecule has 1 aromatic heterocycles. The van der Waals surface area contributed by atoms with E-state index in [1.54, 1.807) is 6.26 Å². The van der Waals surface area contributed by atoms with Crippen LogP contribution in [0.1, 0.15) is 55.4 Å². The molecule has 8 heteroatoms. The molecule has 218 valence electrons. The van der Waals surface area contributed by atoms with Crippen molar-refractivity contribution < 1.29 is 14.3 Å². The van der Waals surface area contributed by atoms with E-state index in [9.17, 15) is 4.79 Å². The highest BCUT2D eigenvalue weighted by Gasteiger charge is 2.13. The average Bonchev–Trinajstić information content (AvgIpc) is 3.54. The normalized spacial score (nSPS) is 12.8. The van der Waals surface area contributed by atoms with Crippen LogP contribution in [-0.2, 0) is 30.7 Å². The van der Waals surface area contributed by atoms with Crippen LogP contribution in [0.25, 0.3) is 0 Å². The van der Waals surface area contributed by atoms with E-state index in [2.05, 4.69) is 94.3 Å². The SMILES string of the molecule is CC1=CC=CCC=C1.CS.Cc1nnc(CCCCC(=O)NCc2ccc3c(c2)OCO3)n1CCc1ccccc1. The number of allylic oxidation sites excluding steroid dienone is 6. The first-order chi connectivity index (χ1) is 20.1. The first-order valence-electron chi connectivity index (χ1n) is 14.1. The number of carbonyl (C=O) groups is 1. The molecule has 0 radical (unpaired) electrons. The number of rotatable bonds is 10. The van der Waals surface area contributed by atoms with Gasteiger partial charge in [-0.3, -0.25) is 4.79 Å². The number of nitrogens with zero attached hydrogens (tertiary/aromatic N) is 3. The lowest BCUT2D eigenvalue weighted by molar-refractivity contribution is -0.121. The number of aryl methyl sites for hydroxylation is 3. The minimum Gasteiger partial charge on any atom is -0.454 e. The Labute approximate surface area is 249 Å². The molecule has 5 rings (SSSR count). The second-order valence-electron chi connectivity index (χ2n) is 9.70. The molecule has 2 aliphatic rings. The van der Waals surface area contributed by atoms with E-state index in [-0.39, 0.29) is 12.7 Å². The molecule has 7 nitrogen and oxygen atoms in total. The summed E-state index contributed by atoms with van der Waals surface area (Å²) >= 11 is 3.53. The van der Waals surface area contributed by atoms with Gasteiger partial charge in [-0.1, -0.05) is 72.4 Å². The van der Waals surface area contributed by atoms with Crippen LogP contribution in [0, 0.1) is 6.92 Å². The van der Waals surface area contributed by atoms with Crippen molar-refractivity contribution in [1.82, 2.24) is 20.1 Å². The number of fused-ring (bicyclic) bond motifs is 1. The second kappa shape index (κ2) is 17.8. The van der Waals surface area contributed by atoms with Crippen molar-refractivity contribution >= 4 is 18.5 Å². The van der Waals surface area contributed by atoms with E-state index in [0.717, 1.165) is 67.4 Å². The van der Waals surface area contributed by atoms with Gasteiger partial charge in [0.1, 0.15) is 11.6 Å². The quantitative estimate of drug-likeness (QED) is 0.211. The molecule has 3 aromatic rings. The lowest BCUT2D eigenvalue weighted by atomic mass is 10.1. The largest absolute Gasteiger partial charge is 0.454 e. The van der Waals surface area contributed by atoms with Crippen molar-refractivity contribution in [1.29, 1.82) is 0 Å². The molecule has 1 amide bonds. The Kier molecular flexibility index (Phi) is 13.8. The van der Waals surface area contributed by atoms with Gasteiger partial charge in [-0.25, -0.2) is 0 Å². The van der Waals surface area contributed by atoms with E-state index in [1.165, 1.54) is 11.1 Å². The smallest absolute Gasteiger partial charge is 0.231 e. The lowest BCUT2D eigenvalue weighted by Crippen LogP contribution is -2.22. The molecule has 2 heterocycles. The zero-order valence-corrected chi connectivity index (χ0v) is 25.3. The summed E-state index contributed by atoms with van der Waals surface area (Å²) in [5.41, 5.74) is 3.64. The van der Waals surface area contributed by atoms with Crippen LogP contribution in [0.4, 0.5) is 0 Å². The highest BCUT2D eigenvalue weighted by Crippen LogP contribution is 2.32. The molecule has 0 atom stereocenters. The summed E-state index contributed by atoms with van der Waals surface area (Å²) in [6.07, 6.45) is 17.4. The number of aromatic nitrogens is 3. The summed E-state index contributed by atoms with van der Waals surface area (Å²) < 4.78 is 12.9. The summed E-state index contributed by atoms with van der Waals surface area (Å²) in [5, 5.41) is 11.6. The van der Waals surface area contributed by atoms with Crippen LogP contribution < -0.4 is 14.8 Å². The van der Waals surface area contributed by atoms with Crippen molar-refractivity contribution in [2.45, 2.75) is 65.5 Å². The molecule has 0 saturated heterocycles. The molecular formula is C33H42N4O3S. The van der Waals surface area contributed by atoms with Gasteiger partial charge >= 0.3 is 0 Å². The van der Waals surface area contributed by atoms with Crippen molar-refractivity contribution in [3.05, 3.63) is 107 Å². The standard InChI is InChI=1S/C24H28N4O3.C8H10.CH4S/c1-18-26-27-23(28(18)14-13-19-7-3-2-4-8-19)9-5-6-10-24(29)25-16-20-11-12-21-22(15-20)31-17-30-21;1-8-6-4-2-3-5-7-8;1-2/h2-4,7-8,11-12,15H,5-6,9-10,13-14,16-17H2,1H3,(H,25,29);2,4-7H,3H2,1H3;2H,1H3. The number of benzene rings is 2. The fraction of sp³-hybridized carbons (Fsp3) is 0.364. The Morgan fingerprint density at radius 1 is 0.951 bits per heavy atom. The third-order valence-corrected chi connectivity index (χ3v) is 6.61. The molecule has 1 aliphatic carbocycles. The van der Waals surface area contributed by atoms with Crippen LogP contribution in [-0.4, -0.2) is 33.7 Å². The molecule has 0 saturated carbocycles. The van der Waals surface area contributed by atoms with Gasteiger partial charge in [0.2, 0.25) is 12.7 Å². The number of thiol groups is 1. The molecule has 1 N–H and O–H groups in total. The van der Waals surface area contributed by atoms with Gasteiger partial charge in [-0.15, -0.1) is 10.2 Å². The second-order valence-corrected chi connectivity index (χ2v) is 9.70. The van der Waals surface area contributed by atoms with Crippen molar-refractivity contribution in [3.8, 4) is 11.5 Å². The zero-order chi connectivity index (χ0) is 29.3. The Morgan fingerprint density at radius 2 is 1.76 bits per heavy atom. The number of hydrogen-bond acceptors (Lipinski definition) is 6. The Hall–Kier alpha value is -3.78. The van der Waals surface area contributed by atoms with Crippen molar-refractivity contribution in [3.63, 3.8) is 0 Å². The predicted molar refractivity (Wildman–Crippen MR) is 168 cm³/mol. The average molecular weight is 575 g/mol. The van der Waals surface area contributed by atoms with Crippen molar-refractivity contribution in [2.75, 3.05) is 13.0 Å². The van der Waals surface area contributed by atoms with Gasteiger partial charge in [-0.2, -0.15) is 12.6 Å². The minimum absolute atomic E-state index is 0.0550. The van der Waals surface area contributed by atoms with E-state index in [1.807, 2.05) is 31.2 Å². The number of carbonyl (C=O) groups excluding carboxylic acids is 1. The van der Waals surface area contributed by atoms with Crippen LogP contribution >= 0.6 is 12.6 Å². The fourth-order valence-electron chi connectivity index (χ4n) is 4.38. The third kappa shape index (κ3) is 11.0. The van der Waals surface area contributed by atoms with Gasteiger partial charge < -0.3 is 19.4 Å². The molecular weight excluding hydrogens is 532 g/mol. The van der Waals surface area contributed by atoms with E-state index < -0.39 is 0 Å². The molecule has 0 unspecified atom stereocenters. The van der Waals surface area contributed by atoms with Crippen LogP contribution in [0.2, 0.25) is 0 Å². The van der Waals surface area contributed by atoms with Crippen LogP contribution in [0.5, 0.6) is 11.5 Å². The van der Waals surface area contributed by atoms with Gasteiger partial charge in [0.05, 0.1) is 0 Å². The third-order valence-electron chi connectivity index (χ3n) is 6.61. The maximum absolute atomic E-state index is 12.2.